The monoisotopic (exact) mass is 266 g/mol. The normalized spacial score (nSPS) is 15.5. The molecule has 19 heavy (non-hydrogen) atoms. The summed E-state index contributed by atoms with van der Waals surface area (Å²) in [4.78, 5) is 0. The lowest BCUT2D eigenvalue weighted by Gasteiger charge is -2.24. The molecule has 0 fully saturated rings. The van der Waals surface area contributed by atoms with Gasteiger partial charge in [-0.15, -0.1) is 10.2 Å². The first-order valence-electron chi connectivity index (χ1n) is 7.35. The largest absolute Gasteiger partial charge is 0.396 e. The predicted octanol–water partition coefficient (Wildman–Crippen LogP) is 1.50. The molecule has 108 valence electrons. The Kier molecular flexibility index (Phi) is 4.93. The van der Waals surface area contributed by atoms with Crippen LogP contribution in [0.4, 0.5) is 0 Å². The number of aromatic nitrogens is 3. The second kappa shape index (κ2) is 6.48. The van der Waals surface area contributed by atoms with Crippen molar-refractivity contribution in [3.8, 4) is 0 Å². The number of hydrogen-bond acceptors (Lipinski definition) is 4. The number of hydrogen-bond donors (Lipinski definition) is 2. The minimum absolute atomic E-state index is 0.216. The Morgan fingerprint density at radius 3 is 2.95 bits per heavy atom. The second-order valence-corrected chi connectivity index (χ2v) is 6.24. The van der Waals surface area contributed by atoms with Gasteiger partial charge in [-0.1, -0.05) is 13.8 Å². The fourth-order valence-corrected chi connectivity index (χ4v) is 2.66. The molecule has 0 saturated heterocycles. The number of rotatable bonds is 7. The standard InChI is InChI=1S/C14H26N4O/c1-14(2,7-5-9-19)11-15-10-13-17-16-12-6-3-4-8-18(12)13/h15,19H,3-11H2,1-2H3. The third kappa shape index (κ3) is 4.01. The summed E-state index contributed by atoms with van der Waals surface area (Å²) in [5, 5.41) is 20.9. The molecule has 0 amide bonds. The molecule has 1 aliphatic rings. The first-order chi connectivity index (χ1) is 9.12. The molecular formula is C14H26N4O. The van der Waals surface area contributed by atoms with Gasteiger partial charge in [0.2, 0.25) is 0 Å². The lowest BCUT2D eigenvalue weighted by molar-refractivity contribution is 0.235. The van der Waals surface area contributed by atoms with Crippen molar-refractivity contribution >= 4 is 0 Å². The average Bonchev–Trinajstić information content (AvgIpc) is 2.80. The van der Waals surface area contributed by atoms with Gasteiger partial charge in [-0.3, -0.25) is 0 Å². The van der Waals surface area contributed by atoms with E-state index in [0.29, 0.717) is 0 Å². The molecule has 2 rings (SSSR count). The van der Waals surface area contributed by atoms with Gasteiger partial charge in [-0.2, -0.15) is 0 Å². The Morgan fingerprint density at radius 1 is 1.32 bits per heavy atom. The molecule has 0 radical (unpaired) electrons. The first-order valence-corrected chi connectivity index (χ1v) is 7.35. The van der Waals surface area contributed by atoms with Crippen molar-refractivity contribution in [1.82, 2.24) is 20.1 Å². The molecule has 1 aromatic heterocycles. The van der Waals surface area contributed by atoms with Gasteiger partial charge in [0.15, 0.2) is 0 Å². The maximum absolute atomic E-state index is 8.90. The molecule has 0 saturated carbocycles. The Morgan fingerprint density at radius 2 is 2.16 bits per heavy atom. The molecule has 1 aromatic rings. The van der Waals surface area contributed by atoms with Gasteiger partial charge in [0.25, 0.3) is 0 Å². The van der Waals surface area contributed by atoms with Crippen LogP contribution < -0.4 is 5.32 Å². The zero-order valence-corrected chi connectivity index (χ0v) is 12.2. The number of nitrogens with zero attached hydrogens (tertiary/aromatic N) is 3. The van der Waals surface area contributed by atoms with Crippen LogP contribution in [0.15, 0.2) is 0 Å². The summed E-state index contributed by atoms with van der Waals surface area (Å²) in [5.74, 6) is 2.20. The molecule has 0 aliphatic carbocycles. The summed E-state index contributed by atoms with van der Waals surface area (Å²) in [6, 6.07) is 0. The van der Waals surface area contributed by atoms with Crippen LogP contribution in [0.3, 0.4) is 0 Å². The Bertz CT molecular complexity index is 400. The number of fused-ring (bicyclic) bond motifs is 1. The number of nitrogens with one attached hydrogen (secondary N) is 1. The molecule has 2 heterocycles. The van der Waals surface area contributed by atoms with E-state index in [1.807, 2.05) is 0 Å². The third-order valence-electron chi connectivity index (χ3n) is 3.83. The third-order valence-corrected chi connectivity index (χ3v) is 3.83. The van der Waals surface area contributed by atoms with E-state index in [4.69, 9.17) is 5.11 Å². The SMILES string of the molecule is CC(C)(CCCO)CNCc1nnc2n1CCCC2. The Hall–Kier alpha value is -0.940. The maximum atomic E-state index is 8.90. The molecule has 0 aromatic carbocycles. The maximum Gasteiger partial charge on any atom is 0.147 e. The van der Waals surface area contributed by atoms with Crippen LogP contribution in [-0.4, -0.2) is 33.0 Å². The highest BCUT2D eigenvalue weighted by Crippen LogP contribution is 2.21. The van der Waals surface area contributed by atoms with Gasteiger partial charge >= 0.3 is 0 Å². The molecule has 0 spiro atoms. The van der Waals surface area contributed by atoms with Gasteiger partial charge in [0.1, 0.15) is 11.6 Å². The van der Waals surface area contributed by atoms with Crippen molar-refractivity contribution in [2.45, 2.75) is 59.0 Å². The molecule has 0 bridgehead atoms. The summed E-state index contributed by atoms with van der Waals surface area (Å²) in [6.07, 6.45) is 5.44. The molecule has 5 heteroatoms. The van der Waals surface area contributed by atoms with Gasteiger partial charge < -0.3 is 15.0 Å². The molecule has 0 unspecified atom stereocenters. The van der Waals surface area contributed by atoms with Gasteiger partial charge in [-0.05, 0) is 31.1 Å². The van der Waals surface area contributed by atoms with Crippen molar-refractivity contribution in [1.29, 1.82) is 0 Å². The van der Waals surface area contributed by atoms with Crippen LogP contribution in [0.1, 0.15) is 51.2 Å². The van der Waals surface area contributed by atoms with Gasteiger partial charge in [-0.25, -0.2) is 0 Å². The van der Waals surface area contributed by atoms with E-state index < -0.39 is 0 Å². The first kappa shape index (κ1) is 14.5. The zero-order valence-electron chi connectivity index (χ0n) is 12.2. The number of aryl methyl sites for hydroxylation is 1. The van der Waals surface area contributed by atoms with E-state index in [0.717, 1.165) is 50.5 Å². The summed E-state index contributed by atoms with van der Waals surface area (Å²) in [7, 11) is 0. The molecule has 0 atom stereocenters. The second-order valence-electron chi connectivity index (χ2n) is 6.24. The minimum atomic E-state index is 0.216. The average molecular weight is 266 g/mol. The van der Waals surface area contributed by atoms with Crippen LogP contribution >= 0.6 is 0 Å². The van der Waals surface area contributed by atoms with Crippen molar-refractivity contribution in [3.63, 3.8) is 0 Å². The van der Waals surface area contributed by atoms with E-state index in [-0.39, 0.29) is 12.0 Å². The lowest BCUT2D eigenvalue weighted by Crippen LogP contribution is -2.30. The Balaban J connectivity index is 1.81. The summed E-state index contributed by atoms with van der Waals surface area (Å²) in [6.45, 7) is 7.53. The van der Waals surface area contributed by atoms with Crippen LogP contribution in [0.5, 0.6) is 0 Å². The van der Waals surface area contributed by atoms with Crippen molar-refractivity contribution in [2.24, 2.45) is 5.41 Å². The van der Waals surface area contributed by atoms with E-state index >= 15 is 0 Å². The molecule has 5 nitrogen and oxygen atoms in total. The molecular weight excluding hydrogens is 240 g/mol. The van der Waals surface area contributed by atoms with Crippen molar-refractivity contribution in [3.05, 3.63) is 11.6 Å². The highest BCUT2D eigenvalue weighted by Gasteiger charge is 2.19. The van der Waals surface area contributed by atoms with E-state index in [2.05, 4.69) is 33.9 Å². The van der Waals surface area contributed by atoms with Crippen LogP contribution in [0.2, 0.25) is 0 Å². The predicted molar refractivity (Wildman–Crippen MR) is 74.8 cm³/mol. The number of aliphatic hydroxyl groups excluding tert-OH is 1. The zero-order chi connectivity index (χ0) is 13.7. The van der Waals surface area contributed by atoms with Gasteiger partial charge in [0, 0.05) is 26.1 Å². The van der Waals surface area contributed by atoms with Crippen LogP contribution in [0, 0.1) is 5.41 Å². The fraction of sp³-hybridized carbons (Fsp3) is 0.857. The number of aliphatic hydroxyl groups is 1. The van der Waals surface area contributed by atoms with Crippen LogP contribution in [-0.2, 0) is 19.5 Å². The van der Waals surface area contributed by atoms with E-state index in [1.165, 1.54) is 12.8 Å². The van der Waals surface area contributed by atoms with Crippen molar-refractivity contribution < 1.29 is 5.11 Å². The fourth-order valence-electron chi connectivity index (χ4n) is 2.66. The summed E-state index contributed by atoms with van der Waals surface area (Å²) in [5.41, 5.74) is 0.216. The molecule has 1 aliphatic heterocycles. The highest BCUT2D eigenvalue weighted by molar-refractivity contribution is 4.98. The van der Waals surface area contributed by atoms with Crippen molar-refractivity contribution in [2.75, 3.05) is 13.2 Å². The van der Waals surface area contributed by atoms with E-state index in [1.54, 1.807) is 0 Å². The summed E-state index contributed by atoms with van der Waals surface area (Å²) >= 11 is 0. The quantitative estimate of drug-likeness (QED) is 0.785. The van der Waals surface area contributed by atoms with E-state index in [9.17, 15) is 0 Å². The summed E-state index contributed by atoms with van der Waals surface area (Å²) < 4.78 is 2.26. The topological polar surface area (TPSA) is 63.0 Å². The van der Waals surface area contributed by atoms with Gasteiger partial charge in [0.05, 0.1) is 6.54 Å². The highest BCUT2D eigenvalue weighted by atomic mass is 16.2. The molecule has 2 N–H and O–H groups in total. The lowest BCUT2D eigenvalue weighted by atomic mass is 9.88. The Labute approximate surface area is 115 Å². The smallest absolute Gasteiger partial charge is 0.147 e. The minimum Gasteiger partial charge on any atom is -0.396 e. The van der Waals surface area contributed by atoms with Crippen LogP contribution in [0.25, 0.3) is 0 Å².